The van der Waals surface area contributed by atoms with E-state index in [1.54, 1.807) is 0 Å². The van der Waals surface area contributed by atoms with Crippen molar-refractivity contribution in [1.82, 2.24) is 35.5 Å². The zero-order chi connectivity index (χ0) is 33.7. The second-order valence-electron chi connectivity index (χ2n) is 14.2. The molecule has 1 aromatic heterocycles. The number of nitrogens with one attached hydrogen (secondary N) is 3. The number of aliphatic hydroxyl groups excluding tert-OH is 1. The predicted octanol–water partition coefficient (Wildman–Crippen LogP) is 3.73. The maximum absolute atomic E-state index is 14.1. The molecular formula is C36H56ClN7O4. The van der Waals surface area contributed by atoms with Gasteiger partial charge in [0, 0.05) is 49.5 Å². The summed E-state index contributed by atoms with van der Waals surface area (Å²) in [5.74, 6) is -0.330. The first kappa shape index (κ1) is 37.8. The Balaban J connectivity index is 0.00000520. The third-order valence-corrected chi connectivity index (χ3v) is 10.7. The smallest absolute Gasteiger partial charge is 0.251 e. The molecule has 266 valence electrons. The quantitative estimate of drug-likeness (QED) is 0.268. The van der Waals surface area contributed by atoms with Crippen LogP contribution < -0.4 is 10.6 Å². The summed E-state index contributed by atoms with van der Waals surface area (Å²) in [4.78, 5) is 47.2. The van der Waals surface area contributed by atoms with Gasteiger partial charge in [-0.2, -0.15) is 5.10 Å². The number of likely N-dealkylation sites (tertiary alicyclic amines) is 1. The summed E-state index contributed by atoms with van der Waals surface area (Å²) in [6.45, 7) is 9.17. The number of likely N-dealkylation sites (N-methyl/N-ethyl adjacent to an activating group) is 1. The minimum Gasteiger partial charge on any atom is -0.390 e. The second-order valence-corrected chi connectivity index (χ2v) is 14.2. The molecule has 11 nitrogen and oxygen atoms in total. The lowest BCUT2D eigenvalue weighted by molar-refractivity contribution is -0.166. The van der Waals surface area contributed by atoms with Crippen LogP contribution in [0, 0.1) is 19.8 Å². The molecule has 0 bridgehead atoms. The van der Waals surface area contributed by atoms with Gasteiger partial charge in [-0.05, 0) is 83.7 Å². The lowest BCUT2D eigenvalue weighted by atomic mass is 9.77. The largest absolute Gasteiger partial charge is 0.390 e. The number of nitrogens with zero attached hydrogens (tertiary/aromatic N) is 4. The van der Waals surface area contributed by atoms with E-state index < -0.39 is 17.7 Å². The van der Waals surface area contributed by atoms with E-state index in [0.29, 0.717) is 44.6 Å². The van der Waals surface area contributed by atoms with E-state index >= 15 is 0 Å². The third-order valence-electron chi connectivity index (χ3n) is 10.7. The zero-order valence-corrected chi connectivity index (χ0v) is 30.2. The standard InChI is InChI=1S/C36H55N7O4.ClH/c1-6-7-20-43-34(46)30(32(44)27-11-9-8-10-12-27)38-35(47)36(43)17-21-42(22-18-36)31(29-24(2)39-40-25(29)3)26-13-15-28(16-14-26)33(45)37-19-23-41(4)5;/h13-16,27,30-32,44H,6-12,17-23H2,1-5H3,(H,37,45)(H,38,47)(H,39,40);1H/t30-,31?,32-;/m1./s1. The molecule has 2 saturated heterocycles. The number of aryl methyl sites for hydroxylation is 2. The molecule has 1 aromatic carbocycles. The number of carbonyl (C=O) groups is 3. The molecule has 4 N–H and O–H groups in total. The van der Waals surface area contributed by atoms with Gasteiger partial charge >= 0.3 is 0 Å². The highest BCUT2D eigenvalue weighted by Crippen LogP contribution is 2.40. The zero-order valence-electron chi connectivity index (χ0n) is 29.4. The van der Waals surface area contributed by atoms with E-state index in [0.717, 1.165) is 74.0 Å². The number of aromatic amines is 1. The molecule has 1 unspecified atom stereocenters. The maximum atomic E-state index is 14.1. The van der Waals surface area contributed by atoms with Crippen LogP contribution in [-0.4, -0.2) is 112 Å². The van der Waals surface area contributed by atoms with Gasteiger partial charge < -0.3 is 25.5 Å². The number of halogens is 1. The van der Waals surface area contributed by atoms with Crippen molar-refractivity contribution in [1.29, 1.82) is 0 Å². The van der Waals surface area contributed by atoms with Crippen molar-refractivity contribution < 1.29 is 19.5 Å². The topological polar surface area (TPSA) is 134 Å². The van der Waals surface area contributed by atoms with Crippen LogP contribution in [0.4, 0.5) is 0 Å². The maximum Gasteiger partial charge on any atom is 0.251 e. The Bertz CT molecular complexity index is 1360. The Morgan fingerprint density at radius 1 is 1.10 bits per heavy atom. The fourth-order valence-corrected chi connectivity index (χ4v) is 7.94. The molecule has 1 aliphatic carbocycles. The fourth-order valence-electron chi connectivity index (χ4n) is 7.94. The van der Waals surface area contributed by atoms with Gasteiger partial charge in [-0.15, -0.1) is 12.4 Å². The number of rotatable bonds is 12. The monoisotopic (exact) mass is 685 g/mol. The van der Waals surface area contributed by atoms with E-state index in [1.807, 2.05) is 62.0 Å². The van der Waals surface area contributed by atoms with Gasteiger partial charge in [0.25, 0.3) is 5.91 Å². The summed E-state index contributed by atoms with van der Waals surface area (Å²) in [6.07, 6.45) is 6.92. The van der Waals surface area contributed by atoms with Crippen molar-refractivity contribution in [3.63, 3.8) is 0 Å². The molecule has 3 heterocycles. The van der Waals surface area contributed by atoms with Crippen LogP contribution in [0.15, 0.2) is 24.3 Å². The van der Waals surface area contributed by atoms with E-state index in [9.17, 15) is 19.5 Å². The minimum absolute atomic E-state index is 0. The van der Waals surface area contributed by atoms with Crippen molar-refractivity contribution in [2.45, 2.75) is 102 Å². The Kier molecular flexibility index (Phi) is 13.1. The number of aliphatic hydroxyl groups is 1. The molecule has 1 saturated carbocycles. The van der Waals surface area contributed by atoms with Crippen molar-refractivity contribution in [2.24, 2.45) is 5.92 Å². The number of unbranched alkanes of at least 4 members (excludes halogenated alkanes) is 1. The molecule has 3 atom stereocenters. The number of amides is 3. The first-order chi connectivity index (χ1) is 22.6. The van der Waals surface area contributed by atoms with Crippen LogP contribution in [0.2, 0.25) is 0 Å². The Hall–Kier alpha value is -2.99. The average Bonchev–Trinajstić information content (AvgIpc) is 3.40. The number of H-pyrrole nitrogens is 1. The summed E-state index contributed by atoms with van der Waals surface area (Å²) in [5.41, 5.74) is 3.69. The number of hydrogen-bond acceptors (Lipinski definition) is 7. The molecule has 3 aliphatic rings. The first-order valence-electron chi connectivity index (χ1n) is 17.7. The lowest BCUT2D eigenvalue weighted by Gasteiger charge is -2.53. The van der Waals surface area contributed by atoms with Crippen LogP contribution in [0.5, 0.6) is 0 Å². The number of benzene rings is 1. The summed E-state index contributed by atoms with van der Waals surface area (Å²) < 4.78 is 0. The number of carbonyl (C=O) groups excluding carboxylic acids is 3. The summed E-state index contributed by atoms with van der Waals surface area (Å²) in [6, 6.07) is 6.77. The Morgan fingerprint density at radius 3 is 2.35 bits per heavy atom. The molecule has 48 heavy (non-hydrogen) atoms. The van der Waals surface area contributed by atoms with E-state index in [1.165, 1.54) is 0 Å². The van der Waals surface area contributed by atoms with Crippen molar-refractivity contribution in [3.8, 4) is 0 Å². The number of hydrogen-bond donors (Lipinski definition) is 4. The van der Waals surface area contributed by atoms with Gasteiger partial charge in [0.05, 0.1) is 17.8 Å². The van der Waals surface area contributed by atoms with Gasteiger partial charge in [0.15, 0.2) is 0 Å². The first-order valence-corrected chi connectivity index (χ1v) is 17.7. The predicted molar refractivity (Wildman–Crippen MR) is 189 cm³/mol. The van der Waals surface area contributed by atoms with Crippen LogP contribution in [-0.2, 0) is 9.59 Å². The van der Waals surface area contributed by atoms with Crippen molar-refractivity contribution >= 4 is 30.1 Å². The highest BCUT2D eigenvalue weighted by atomic mass is 35.5. The molecule has 0 radical (unpaired) electrons. The van der Waals surface area contributed by atoms with Crippen LogP contribution in [0.25, 0.3) is 0 Å². The highest BCUT2D eigenvalue weighted by molar-refractivity contribution is 6.00. The van der Waals surface area contributed by atoms with Crippen LogP contribution in [0.3, 0.4) is 0 Å². The molecule has 2 aliphatic heterocycles. The molecule has 2 aromatic rings. The summed E-state index contributed by atoms with van der Waals surface area (Å²) >= 11 is 0. The third kappa shape index (κ3) is 7.90. The lowest BCUT2D eigenvalue weighted by Crippen LogP contribution is -2.75. The molecule has 12 heteroatoms. The van der Waals surface area contributed by atoms with Crippen molar-refractivity contribution in [2.75, 3.05) is 46.8 Å². The van der Waals surface area contributed by atoms with Crippen LogP contribution >= 0.6 is 12.4 Å². The minimum atomic E-state index is -0.939. The van der Waals surface area contributed by atoms with E-state index in [2.05, 4.69) is 32.7 Å². The van der Waals surface area contributed by atoms with E-state index in [-0.39, 0.29) is 42.1 Å². The average molecular weight is 686 g/mol. The number of aromatic nitrogens is 2. The number of piperazine rings is 1. The fraction of sp³-hybridized carbons (Fsp3) is 0.667. The second kappa shape index (κ2) is 16.6. The normalized spacial score (nSPS) is 21.6. The van der Waals surface area contributed by atoms with Gasteiger partial charge in [-0.1, -0.05) is 44.7 Å². The Labute approximate surface area is 292 Å². The molecule has 3 amide bonds. The number of piperidine rings is 1. The molecule has 3 fully saturated rings. The summed E-state index contributed by atoms with van der Waals surface area (Å²) in [7, 11) is 3.95. The summed E-state index contributed by atoms with van der Waals surface area (Å²) in [5, 5.41) is 25.0. The SMILES string of the molecule is CCCCN1C(=O)[C@@H]([C@H](O)C2CCCCC2)NC(=O)C12CCN(C(c1ccc(C(=O)NCCN(C)C)cc1)c1c(C)n[nH]c1C)CC2.Cl. The van der Waals surface area contributed by atoms with Gasteiger partial charge in [0.2, 0.25) is 11.8 Å². The van der Waals surface area contributed by atoms with Gasteiger partial charge in [-0.25, -0.2) is 0 Å². The van der Waals surface area contributed by atoms with Gasteiger partial charge in [0.1, 0.15) is 11.6 Å². The van der Waals surface area contributed by atoms with E-state index in [4.69, 9.17) is 0 Å². The van der Waals surface area contributed by atoms with Crippen molar-refractivity contribution in [3.05, 3.63) is 52.3 Å². The molecular weight excluding hydrogens is 630 g/mol. The van der Waals surface area contributed by atoms with Gasteiger partial charge in [-0.3, -0.25) is 24.4 Å². The molecule has 5 rings (SSSR count). The van der Waals surface area contributed by atoms with Crippen LogP contribution in [0.1, 0.15) is 104 Å². The molecule has 1 spiro atoms. The Morgan fingerprint density at radius 2 is 1.77 bits per heavy atom. The highest BCUT2D eigenvalue weighted by Gasteiger charge is 2.55.